The second-order valence-electron chi connectivity index (χ2n) is 8.65. The molecule has 1 saturated heterocycles. The van der Waals surface area contributed by atoms with E-state index in [1.807, 2.05) is 35.2 Å². The first kappa shape index (κ1) is 22.8. The number of hydrogen-bond donors (Lipinski definition) is 1. The SMILES string of the molecule is CC(C)[C@H](NC(=O)[C@H]1CCOC1)c1nnc2n1CCN(C(=O)CSc1ccccc1)CC2. The lowest BCUT2D eigenvalue weighted by Gasteiger charge is -2.24. The lowest BCUT2D eigenvalue weighted by Crippen LogP contribution is -2.38. The lowest BCUT2D eigenvalue weighted by atomic mass is 10.0. The van der Waals surface area contributed by atoms with E-state index in [0.29, 0.717) is 45.0 Å². The number of thioether (sulfide) groups is 1. The van der Waals surface area contributed by atoms with Crippen molar-refractivity contribution in [3.8, 4) is 0 Å². The first-order valence-electron chi connectivity index (χ1n) is 11.3. The lowest BCUT2D eigenvalue weighted by molar-refractivity contribution is -0.128. The van der Waals surface area contributed by atoms with Gasteiger partial charge < -0.3 is 19.5 Å². The average molecular weight is 458 g/mol. The van der Waals surface area contributed by atoms with Gasteiger partial charge in [-0.1, -0.05) is 32.0 Å². The summed E-state index contributed by atoms with van der Waals surface area (Å²) in [6.45, 7) is 7.14. The van der Waals surface area contributed by atoms with Gasteiger partial charge >= 0.3 is 0 Å². The number of ether oxygens (including phenoxy) is 1. The second kappa shape index (κ2) is 10.5. The summed E-state index contributed by atoms with van der Waals surface area (Å²) in [6.07, 6.45) is 1.41. The first-order valence-corrected chi connectivity index (χ1v) is 12.3. The molecule has 1 N–H and O–H groups in total. The predicted octanol–water partition coefficient (Wildman–Crippen LogP) is 2.30. The van der Waals surface area contributed by atoms with E-state index in [1.165, 1.54) is 0 Å². The molecule has 9 heteroatoms. The van der Waals surface area contributed by atoms with Gasteiger partial charge in [0.2, 0.25) is 11.8 Å². The summed E-state index contributed by atoms with van der Waals surface area (Å²) >= 11 is 1.56. The van der Waals surface area contributed by atoms with E-state index >= 15 is 0 Å². The summed E-state index contributed by atoms with van der Waals surface area (Å²) in [5.41, 5.74) is 0. The number of rotatable bonds is 7. The third-order valence-electron chi connectivity index (χ3n) is 6.06. The van der Waals surface area contributed by atoms with Gasteiger partial charge in [-0.15, -0.1) is 22.0 Å². The largest absolute Gasteiger partial charge is 0.381 e. The molecule has 0 aliphatic carbocycles. The van der Waals surface area contributed by atoms with Crippen LogP contribution in [0, 0.1) is 11.8 Å². The van der Waals surface area contributed by atoms with E-state index in [2.05, 4.69) is 33.9 Å². The number of nitrogens with one attached hydrogen (secondary N) is 1. The van der Waals surface area contributed by atoms with Crippen molar-refractivity contribution < 1.29 is 14.3 Å². The molecule has 8 nitrogen and oxygen atoms in total. The van der Waals surface area contributed by atoms with Crippen LogP contribution in [0.15, 0.2) is 35.2 Å². The molecule has 0 spiro atoms. The van der Waals surface area contributed by atoms with E-state index in [0.717, 1.165) is 23.0 Å². The topological polar surface area (TPSA) is 89.3 Å². The first-order chi connectivity index (χ1) is 15.5. The Bertz CT molecular complexity index is 927. The number of carbonyl (C=O) groups excluding carboxylic acids is 2. The van der Waals surface area contributed by atoms with Crippen LogP contribution in [0.5, 0.6) is 0 Å². The molecule has 2 amide bonds. The van der Waals surface area contributed by atoms with Crippen LogP contribution in [0.25, 0.3) is 0 Å². The molecule has 0 saturated carbocycles. The Kier molecular flexibility index (Phi) is 7.47. The molecule has 1 aromatic carbocycles. The van der Waals surface area contributed by atoms with Crippen molar-refractivity contribution in [1.29, 1.82) is 0 Å². The maximum Gasteiger partial charge on any atom is 0.233 e. The van der Waals surface area contributed by atoms with Gasteiger partial charge in [-0.2, -0.15) is 0 Å². The van der Waals surface area contributed by atoms with Gasteiger partial charge in [0.25, 0.3) is 0 Å². The van der Waals surface area contributed by atoms with Gasteiger partial charge in [0.1, 0.15) is 5.82 Å². The molecular formula is C23H31N5O3S. The molecule has 3 heterocycles. The molecule has 0 unspecified atom stereocenters. The van der Waals surface area contributed by atoms with Crippen LogP contribution in [0.1, 0.15) is 38.0 Å². The minimum absolute atomic E-state index is 0.0157. The number of fused-ring (bicyclic) bond motifs is 1. The minimum atomic E-state index is -0.222. The maximum atomic E-state index is 12.8. The smallest absolute Gasteiger partial charge is 0.233 e. The maximum absolute atomic E-state index is 12.8. The summed E-state index contributed by atoms with van der Waals surface area (Å²) in [6, 6.07) is 9.76. The molecule has 2 atom stereocenters. The third-order valence-corrected chi connectivity index (χ3v) is 7.05. The van der Waals surface area contributed by atoms with E-state index in [-0.39, 0.29) is 29.7 Å². The fourth-order valence-corrected chi connectivity index (χ4v) is 4.94. The molecule has 0 bridgehead atoms. The Morgan fingerprint density at radius 1 is 1.19 bits per heavy atom. The van der Waals surface area contributed by atoms with E-state index in [9.17, 15) is 9.59 Å². The van der Waals surface area contributed by atoms with Gasteiger partial charge in [-0.05, 0) is 24.5 Å². The zero-order chi connectivity index (χ0) is 22.5. The van der Waals surface area contributed by atoms with Crippen molar-refractivity contribution in [1.82, 2.24) is 25.0 Å². The van der Waals surface area contributed by atoms with Crippen LogP contribution in [0.4, 0.5) is 0 Å². The van der Waals surface area contributed by atoms with Gasteiger partial charge in [0.05, 0.1) is 24.3 Å². The van der Waals surface area contributed by atoms with Crippen LogP contribution >= 0.6 is 11.8 Å². The monoisotopic (exact) mass is 457 g/mol. The van der Waals surface area contributed by atoms with Crippen molar-refractivity contribution in [3.05, 3.63) is 42.0 Å². The van der Waals surface area contributed by atoms with Crippen molar-refractivity contribution >= 4 is 23.6 Å². The highest BCUT2D eigenvalue weighted by Crippen LogP contribution is 2.25. The van der Waals surface area contributed by atoms with Gasteiger partial charge in [-0.25, -0.2) is 0 Å². The Morgan fingerprint density at radius 3 is 2.72 bits per heavy atom. The fourth-order valence-electron chi connectivity index (χ4n) is 4.12. The molecule has 172 valence electrons. The number of hydrogen-bond acceptors (Lipinski definition) is 6. The van der Waals surface area contributed by atoms with Crippen molar-refractivity contribution in [2.24, 2.45) is 11.8 Å². The molecule has 2 aliphatic heterocycles. The molecule has 1 fully saturated rings. The summed E-state index contributed by atoms with van der Waals surface area (Å²) in [5.74, 6) is 2.28. The van der Waals surface area contributed by atoms with Crippen LogP contribution in [0.2, 0.25) is 0 Å². The van der Waals surface area contributed by atoms with Gasteiger partial charge in [0.15, 0.2) is 5.82 Å². The Labute approximate surface area is 193 Å². The molecular weight excluding hydrogens is 426 g/mol. The van der Waals surface area contributed by atoms with Crippen LogP contribution in [0.3, 0.4) is 0 Å². The van der Waals surface area contributed by atoms with Crippen molar-refractivity contribution in [3.63, 3.8) is 0 Å². The summed E-state index contributed by atoms with van der Waals surface area (Å²) in [4.78, 5) is 28.5. The van der Waals surface area contributed by atoms with Gasteiger partial charge in [0, 0.05) is 37.6 Å². The predicted molar refractivity (Wildman–Crippen MR) is 122 cm³/mol. The standard InChI is InChI=1S/C23H31N5O3S/c1-16(2)21(24-23(30)17-9-13-31-14-17)22-26-25-19-8-10-27(11-12-28(19)22)20(29)15-32-18-6-4-3-5-7-18/h3-7,16-17,21H,8-15H2,1-2H3,(H,24,30)/t17-,21-/m0/s1. The quantitative estimate of drug-likeness (QED) is 0.642. The van der Waals surface area contributed by atoms with Crippen LogP contribution in [-0.4, -0.2) is 63.5 Å². The number of nitrogens with zero attached hydrogens (tertiary/aromatic N) is 4. The van der Waals surface area contributed by atoms with Gasteiger partial charge in [-0.3, -0.25) is 9.59 Å². The van der Waals surface area contributed by atoms with E-state index in [4.69, 9.17) is 4.74 Å². The zero-order valence-corrected chi connectivity index (χ0v) is 19.5. The highest BCUT2D eigenvalue weighted by atomic mass is 32.2. The van der Waals surface area contributed by atoms with Crippen LogP contribution in [-0.2, 0) is 27.3 Å². The average Bonchev–Trinajstić information content (AvgIpc) is 3.42. The third kappa shape index (κ3) is 5.32. The molecule has 1 aromatic heterocycles. The number of aromatic nitrogens is 3. The van der Waals surface area contributed by atoms with Crippen molar-refractivity contribution in [2.45, 2.75) is 44.2 Å². The highest BCUT2D eigenvalue weighted by molar-refractivity contribution is 8.00. The Hall–Kier alpha value is -2.39. The van der Waals surface area contributed by atoms with Crippen LogP contribution < -0.4 is 5.32 Å². The minimum Gasteiger partial charge on any atom is -0.381 e. The fraction of sp³-hybridized carbons (Fsp3) is 0.565. The number of benzene rings is 1. The molecule has 32 heavy (non-hydrogen) atoms. The Morgan fingerprint density at radius 2 is 2.00 bits per heavy atom. The summed E-state index contributed by atoms with van der Waals surface area (Å²) in [5, 5.41) is 12.0. The Balaban J connectivity index is 1.40. The van der Waals surface area contributed by atoms with Crippen molar-refractivity contribution in [2.75, 3.05) is 32.1 Å². The summed E-state index contributed by atoms with van der Waals surface area (Å²) in [7, 11) is 0. The number of carbonyl (C=O) groups is 2. The highest BCUT2D eigenvalue weighted by Gasteiger charge is 2.31. The second-order valence-corrected chi connectivity index (χ2v) is 9.70. The van der Waals surface area contributed by atoms with E-state index < -0.39 is 0 Å². The molecule has 4 rings (SSSR count). The normalized spacial score (nSPS) is 19.5. The molecule has 0 radical (unpaired) electrons. The van der Waals surface area contributed by atoms with E-state index in [1.54, 1.807) is 11.8 Å². The number of amides is 2. The zero-order valence-electron chi connectivity index (χ0n) is 18.7. The summed E-state index contributed by atoms with van der Waals surface area (Å²) < 4.78 is 7.46. The molecule has 2 aromatic rings. The molecule has 2 aliphatic rings.